The largest absolute Gasteiger partial charge is 0.502 e. The highest BCUT2D eigenvalue weighted by Crippen LogP contribution is 2.28. The molecule has 0 aliphatic carbocycles. The van der Waals surface area contributed by atoms with E-state index in [0.29, 0.717) is 17.5 Å². The molecule has 0 amide bonds. The second-order valence-electron chi connectivity index (χ2n) is 5.47. The number of aliphatic hydroxyl groups excluding tert-OH is 2. The maximum absolute atomic E-state index is 9.70. The van der Waals surface area contributed by atoms with Gasteiger partial charge in [0.2, 0.25) is 5.89 Å². The lowest BCUT2D eigenvalue weighted by Gasteiger charge is -2.08. The number of aromatic nitrogens is 1. The van der Waals surface area contributed by atoms with Crippen molar-refractivity contribution in [1.29, 1.82) is 0 Å². The van der Waals surface area contributed by atoms with Crippen molar-refractivity contribution >= 4 is 45.6 Å². The number of hydrogen-bond acceptors (Lipinski definition) is 4. The predicted molar refractivity (Wildman–Crippen MR) is 101 cm³/mol. The van der Waals surface area contributed by atoms with Gasteiger partial charge in [0, 0.05) is 18.4 Å². The van der Waals surface area contributed by atoms with E-state index >= 15 is 0 Å². The second kappa shape index (κ2) is 7.07. The van der Waals surface area contributed by atoms with Crippen molar-refractivity contribution in [2.24, 2.45) is 0 Å². The summed E-state index contributed by atoms with van der Waals surface area (Å²) in [7, 11) is 0. The van der Waals surface area contributed by atoms with Gasteiger partial charge >= 0.3 is 0 Å². The molecule has 0 aliphatic heterocycles. The first-order valence-corrected chi connectivity index (χ1v) is 8.23. The highest BCUT2D eigenvalue weighted by molar-refractivity contribution is 7.80. The lowest BCUT2D eigenvalue weighted by molar-refractivity contribution is 0.458. The van der Waals surface area contributed by atoms with Gasteiger partial charge in [-0.15, -0.1) is 0 Å². The van der Waals surface area contributed by atoms with Gasteiger partial charge in [0.25, 0.3) is 0 Å². The zero-order chi connectivity index (χ0) is 17.1. The first-order valence-electron chi connectivity index (χ1n) is 7.41. The summed E-state index contributed by atoms with van der Waals surface area (Å²) in [6, 6.07) is 15.8. The van der Waals surface area contributed by atoms with Gasteiger partial charge in [-0.3, -0.25) is 0 Å². The molecule has 3 aromatic rings. The maximum Gasteiger partial charge on any atom is 0.207 e. The van der Waals surface area contributed by atoms with Crippen LogP contribution in [0, 0.1) is 0 Å². The van der Waals surface area contributed by atoms with Crippen molar-refractivity contribution in [3.05, 3.63) is 65.5 Å². The molecule has 0 saturated carbocycles. The van der Waals surface area contributed by atoms with E-state index in [1.807, 2.05) is 48.5 Å². The fourth-order valence-electron chi connectivity index (χ4n) is 2.58. The Morgan fingerprint density at radius 2 is 1.79 bits per heavy atom. The molecular formula is C18H15NO3S2. The van der Waals surface area contributed by atoms with E-state index in [-0.39, 0.29) is 22.4 Å². The monoisotopic (exact) mass is 357 g/mol. The van der Waals surface area contributed by atoms with Crippen LogP contribution in [0.2, 0.25) is 0 Å². The van der Waals surface area contributed by atoms with Gasteiger partial charge in [-0.2, -0.15) is 0 Å². The van der Waals surface area contributed by atoms with Crippen molar-refractivity contribution in [2.75, 3.05) is 0 Å². The number of oxazole rings is 1. The third kappa shape index (κ3) is 3.60. The Morgan fingerprint density at radius 3 is 2.46 bits per heavy atom. The van der Waals surface area contributed by atoms with E-state index in [1.54, 1.807) is 0 Å². The third-order valence-corrected chi connectivity index (χ3v) is 4.18. The van der Waals surface area contributed by atoms with Crippen LogP contribution in [0.5, 0.6) is 0 Å². The van der Waals surface area contributed by atoms with Gasteiger partial charge in [0.05, 0.1) is 0 Å². The van der Waals surface area contributed by atoms with E-state index < -0.39 is 5.92 Å². The van der Waals surface area contributed by atoms with Crippen LogP contribution in [-0.4, -0.2) is 25.3 Å². The van der Waals surface area contributed by atoms with Crippen LogP contribution in [0.4, 0.5) is 0 Å². The van der Waals surface area contributed by atoms with Crippen LogP contribution < -0.4 is 0 Å². The summed E-state index contributed by atoms with van der Waals surface area (Å²) in [5.41, 5.74) is 3.49. The minimum absolute atomic E-state index is 0.00546. The van der Waals surface area contributed by atoms with Crippen molar-refractivity contribution in [2.45, 2.75) is 18.8 Å². The lowest BCUT2D eigenvalue weighted by atomic mass is 10.0. The summed E-state index contributed by atoms with van der Waals surface area (Å²) < 4.78 is 5.87. The molecule has 0 saturated heterocycles. The first-order chi connectivity index (χ1) is 11.5. The SMILES string of the molecule is OC(=S)CC(C(O)=S)c1nc2cccc(Cc3ccccc3)c2o1. The molecule has 0 radical (unpaired) electrons. The molecule has 2 aromatic carbocycles. The molecule has 122 valence electrons. The summed E-state index contributed by atoms with van der Waals surface area (Å²) in [5.74, 6) is -0.469. The van der Waals surface area contributed by atoms with Crippen LogP contribution in [-0.2, 0) is 6.42 Å². The normalized spacial score (nSPS) is 12.2. The molecule has 6 heteroatoms. The molecule has 0 aliphatic rings. The number of nitrogens with zero attached hydrogens (tertiary/aromatic N) is 1. The van der Waals surface area contributed by atoms with E-state index in [4.69, 9.17) is 28.9 Å². The molecule has 1 atom stereocenters. The van der Waals surface area contributed by atoms with Gasteiger partial charge in [-0.25, -0.2) is 4.98 Å². The molecule has 2 N–H and O–H groups in total. The minimum atomic E-state index is -0.727. The van der Waals surface area contributed by atoms with E-state index in [1.165, 1.54) is 0 Å². The second-order valence-corrected chi connectivity index (χ2v) is 6.36. The van der Waals surface area contributed by atoms with Crippen molar-refractivity contribution in [3.8, 4) is 0 Å². The zero-order valence-electron chi connectivity index (χ0n) is 12.7. The first kappa shape index (κ1) is 16.5. The fourth-order valence-corrected chi connectivity index (χ4v) is 2.93. The molecular weight excluding hydrogens is 342 g/mol. The average molecular weight is 357 g/mol. The van der Waals surface area contributed by atoms with Crippen molar-refractivity contribution < 1.29 is 14.6 Å². The molecule has 3 rings (SSSR count). The number of fused-ring (bicyclic) bond motifs is 1. The Morgan fingerprint density at radius 1 is 1.04 bits per heavy atom. The predicted octanol–water partition coefficient (Wildman–Crippen LogP) is 4.66. The standard InChI is InChI=1S/C18H15NO3S2/c20-15(23)10-13(18(21)24)17-19-14-8-4-7-12(16(14)22-17)9-11-5-2-1-3-6-11/h1-8,13H,9-10H2,(H,20,23)(H,21,24). The quantitative estimate of drug-likeness (QED) is 0.625. The van der Waals surface area contributed by atoms with Gasteiger partial charge in [-0.05, 0) is 36.1 Å². The number of thiocarbonyl (C=S) groups is 2. The average Bonchev–Trinajstić information content (AvgIpc) is 2.98. The molecule has 24 heavy (non-hydrogen) atoms. The maximum atomic E-state index is 9.70. The molecule has 1 heterocycles. The number of benzene rings is 2. The molecule has 4 nitrogen and oxygen atoms in total. The Hall–Kier alpha value is -2.31. The fraction of sp³-hybridized carbons (Fsp3) is 0.167. The van der Waals surface area contributed by atoms with Gasteiger partial charge in [0.15, 0.2) is 15.7 Å². The molecule has 1 aromatic heterocycles. The molecule has 0 spiro atoms. The van der Waals surface area contributed by atoms with Crippen LogP contribution >= 0.6 is 24.4 Å². The van der Waals surface area contributed by atoms with Crippen LogP contribution in [0.1, 0.15) is 29.4 Å². The summed E-state index contributed by atoms with van der Waals surface area (Å²) in [5, 5.41) is 18.5. The smallest absolute Gasteiger partial charge is 0.207 e. The topological polar surface area (TPSA) is 66.5 Å². The van der Waals surface area contributed by atoms with Gasteiger partial charge in [-0.1, -0.05) is 42.5 Å². The lowest BCUT2D eigenvalue weighted by Crippen LogP contribution is -2.13. The van der Waals surface area contributed by atoms with Gasteiger partial charge in [0.1, 0.15) is 11.4 Å². The number of aliphatic hydroxyl groups is 2. The summed E-state index contributed by atoms with van der Waals surface area (Å²) in [6.45, 7) is 0. The third-order valence-electron chi connectivity index (χ3n) is 3.73. The summed E-state index contributed by atoms with van der Waals surface area (Å²) in [6.07, 6.45) is 0.713. The molecule has 0 fully saturated rings. The molecule has 0 bridgehead atoms. The van der Waals surface area contributed by atoms with Gasteiger partial charge < -0.3 is 14.6 Å². The molecule has 1 unspecified atom stereocenters. The number of para-hydroxylation sites is 1. The van der Waals surface area contributed by atoms with E-state index in [9.17, 15) is 10.2 Å². The van der Waals surface area contributed by atoms with Crippen LogP contribution in [0.15, 0.2) is 52.9 Å². The number of rotatable bonds is 6. The Bertz CT molecular complexity index is 890. The van der Waals surface area contributed by atoms with Crippen LogP contribution in [0.3, 0.4) is 0 Å². The minimum Gasteiger partial charge on any atom is -0.502 e. The summed E-state index contributed by atoms with van der Waals surface area (Å²) in [4.78, 5) is 4.40. The zero-order valence-corrected chi connectivity index (χ0v) is 14.3. The Kier molecular flexibility index (Phi) is 4.87. The van der Waals surface area contributed by atoms with E-state index in [0.717, 1.165) is 11.1 Å². The summed E-state index contributed by atoms with van der Waals surface area (Å²) >= 11 is 9.54. The van der Waals surface area contributed by atoms with Crippen molar-refractivity contribution in [3.63, 3.8) is 0 Å². The Balaban J connectivity index is 2.00. The highest BCUT2D eigenvalue weighted by Gasteiger charge is 2.24. The van der Waals surface area contributed by atoms with Crippen molar-refractivity contribution in [1.82, 2.24) is 4.98 Å². The highest BCUT2D eigenvalue weighted by atomic mass is 32.1. The Labute approximate surface area is 149 Å². The van der Waals surface area contributed by atoms with E-state index in [2.05, 4.69) is 4.98 Å². The number of hydrogen-bond donors (Lipinski definition) is 2. The van der Waals surface area contributed by atoms with Crippen LogP contribution in [0.25, 0.3) is 11.1 Å².